The van der Waals surface area contributed by atoms with Crippen LogP contribution in [-0.4, -0.2) is 21.8 Å². The van der Waals surface area contributed by atoms with Crippen LogP contribution in [0.2, 0.25) is 0 Å². The third-order valence-corrected chi connectivity index (χ3v) is 4.79. The molecule has 0 aliphatic rings. The number of aromatic amines is 1. The van der Waals surface area contributed by atoms with Gasteiger partial charge in [-0.05, 0) is 24.6 Å². The largest absolute Gasteiger partial charge is 0.289 e. The van der Waals surface area contributed by atoms with Crippen molar-refractivity contribution in [2.45, 2.75) is 13.8 Å². The van der Waals surface area contributed by atoms with Gasteiger partial charge in [0, 0.05) is 16.7 Å². The van der Waals surface area contributed by atoms with Crippen LogP contribution in [0.15, 0.2) is 77.9 Å². The number of H-pyrrole nitrogens is 1. The lowest BCUT2D eigenvalue weighted by Crippen LogP contribution is -2.20. The maximum atomic E-state index is 12.6. The Balaban J connectivity index is 1.58. The predicted molar refractivity (Wildman–Crippen MR) is 112 cm³/mol. The van der Waals surface area contributed by atoms with E-state index in [0.717, 1.165) is 38.9 Å². The summed E-state index contributed by atoms with van der Waals surface area (Å²) in [4.78, 5) is 12.6. The Morgan fingerprint density at radius 1 is 0.964 bits per heavy atom. The van der Waals surface area contributed by atoms with E-state index in [0.29, 0.717) is 5.69 Å². The number of carbonyl (C=O) groups is 1. The number of nitrogens with zero attached hydrogens (tertiary/aromatic N) is 2. The standard InChI is InChI=1S/C23H20N4O/c1-15-21(18-10-4-3-5-11-18)25-26-22(15)23(28)27-24-16(2)19-14-8-12-17-9-6-7-13-20(17)19/h3-14H,1-2H3,(H,25,26)(H,27,28)/b24-16-. The maximum Gasteiger partial charge on any atom is 0.289 e. The highest BCUT2D eigenvalue weighted by Gasteiger charge is 2.16. The summed E-state index contributed by atoms with van der Waals surface area (Å²) < 4.78 is 0. The van der Waals surface area contributed by atoms with Gasteiger partial charge < -0.3 is 0 Å². The first-order valence-electron chi connectivity index (χ1n) is 9.08. The second kappa shape index (κ2) is 7.48. The average Bonchev–Trinajstić information content (AvgIpc) is 3.13. The summed E-state index contributed by atoms with van der Waals surface area (Å²) in [5.41, 5.74) is 7.31. The summed E-state index contributed by atoms with van der Waals surface area (Å²) in [7, 11) is 0. The Labute approximate surface area is 163 Å². The minimum absolute atomic E-state index is 0.313. The molecule has 1 aromatic heterocycles. The molecule has 0 aliphatic carbocycles. The number of hydrogen-bond donors (Lipinski definition) is 2. The normalized spacial score (nSPS) is 11.6. The van der Waals surface area contributed by atoms with Gasteiger partial charge in [-0.2, -0.15) is 10.2 Å². The molecule has 0 bridgehead atoms. The van der Waals surface area contributed by atoms with E-state index in [-0.39, 0.29) is 5.91 Å². The molecule has 3 aromatic carbocycles. The average molecular weight is 368 g/mol. The summed E-state index contributed by atoms with van der Waals surface area (Å²) in [6, 6.07) is 23.9. The van der Waals surface area contributed by atoms with Crippen LogP contribution in [0.25, 0.3) is 22.0 Å². The third kappa shape index (κ3) is 3.30. The lowest BCUT2D eigenvalue weighted by Gasteiger charge is -2.06. The zero-order valence-electron chi connectivity index (χ0n) is 15.7. The number of fused-ring (bicyclic) bond motifs is 1. The van der Waals surface area contributed by atoms with Crippen molar-refractivity contribution in [3.05, 3.63) is 89.6 Å². The van der Waals surface area contributed by atoms with Crippen molar-refractivity contribution < 1.29 is 4.79 Å². The minimum atomic E-state index is -0.313. The second-order valence-corrected chi connectivity index (χ2v) is 6.60. The second-order valence-electron chi connectivity index (χ2n) is 6.60. The van der Waals surface area contributed by atoms with E-state index in [2.05, 4.69) is 38.9 Å². The van der Waals surface area contributed by atoms with Gasteiger partial charge in [-0.25, -0.2) is 5.43 Å². The van der Waals surface area contributed by atoms with Crippen molar-refractivity contribution in [1.29, 1.82) is 0 Å². The number of carbonyl (C=O) groups excluding carboxylic acids is 1. The molecule has 5 nitrogen and oxygen atoms in total. The summed E-state index contributed by atoms with van der Waals surface area (Å²) in [5.74, 6) is -0.313. The topological polar surface area (TPSA) is 70.1 Å². The molecule has 138 valence electrons. The number of benzene rings is 3. The fourth-order valence-electron chi connectivity index (χ4n) is 3.29. The van der Waals surface area contributed by atoms with Crippen molar-refractivity contribution in [3.63, 3.8) is 0 Å². The van der Waals surface area contributed by atoms with Gasteiger partial charge in [-0.1, -0.05) is 72.8 Å². The highest BCUT2D eigenvalue weighted by molar-refractivity contribution is 6.10. The Morgan fingerprint density at radius 3 is 2.50 bits per heavy atom. The number of nitrogens with one attached hydrogen (secondary N) is 2. The summed E-state index contributed by atoms with van der Waals surface area (Å²) in [6.45, 7) is 3.76. The van der Waals surface area contributed by atoms with Gasteiger partial charge in [0.2, 0.25) is 0 Å². The van der Waals surface area contributed by atoms with Gasteiger partial charge in [0.15, 0.2) is 0 Å². The molecule has 0 saturated carbocycles. The number of rotatable bonds is 4. The molecule has 5 heteroatoms. The molecule has 0 radical (unpaired) electrons. The van der Waals surface area contributed by atoms with Crippen LogP contribution in [0.1, 0.15) is 28.5 Å². The molecule has 1 amide bonds. The van der Waals surface area contributed by atoms with Crippen LogP contribution < -0.4 is 5.43 Å². The predicted octanol–water partition coefficient (Wildman–Crippen LogP) is 4.69. The fraction of sp³-hybridized carbons (Fsp3) is 0.0870. The van der Waals surface area contributed by atoms with Gasteiger partial charge >= 0.3 is 0 Å². The lowest BCUT2D eigenvalue weighted by molar-refractivity contribution is 0.0949. The van der Waals surface area contributed by atoms with Gasteiger partial charge in [0.25, 0.3) is 5.91 Å². The molecule has 0 unspecified atom stereocenters. The first kappa shape index (κ1) is 17.7. The van der Waals surface area contributed by atoms with E-state index in [4.69, 9.17) is 0 Å². The molecule has 0 saturated heterocycles. The van der Waals surface area contributed by atoms with E-state index < -0.39 is 0 Å². The molecule has 28 heavy (non-hydrogen) atoms. The molecule has 4 rings (SSSR count). The molecule has 0 fully saturated rings. The molecule has 2 N–H and O–H groups in total. The number of hydrogen-bond acceptors (Lipinski definition) is 3. The molecule has 0 aliphatic heterocycles. The maximum absolute atomic E-state index is 12.6. The Kier molecular flexibility index (Phi) is 4.72. The monoisotopic (exact) mass is 368 g/mol. The highest BCUT2D eigenvalue weighted by Crippen LogP contribution is 2.23. The molecule has 1 heterocycles. The van der Waals surface area contributed by atoms with Gasteiger partial charge in [-0.15, -0.1) is 0 Å². The molecule has 0 spiro atoms. The van der Waals surface area contributed by atoms with Crippen LogP contribution in [-0.2, 0) is 0 Å². The van der Waals surface area contributed by atoms with Crippen molar-refractivity contribution >= 4 is 22.4 Å². The zero-order valence-corrected chi connectivity index (χ0v) is 15.7. The fourth-order valence-corrected chi connectivity index (χ4v) is 3.29. The van der Waals surface area contributed by atoms with Gasteiger partial charge in [0.1, 0.15) is 5.69 Å². The number of aromatic nitrogens is 2. The van der Waals surface area contributed by atoms with Crippen LogP contribution in [0.4, 0.5) is 0 Å². The smallest absolute Gasteiger partial charge is 0.272 e. The molecule has 4 aromatic rings. The molecular weight excluding hydrogens is 348 g/mol. The third-order valence-electron chi connectivity index (χ3n) is 4.79. The summed E-state index contributed by atoms with van der Waals surface area (Å²) >= 11 is 0. The van der Waals surface area contributed by atoms with E-state index in [1.165, 1.54) is 0 Å². The number of hydrazone groups is 1. The van der Waals surface area contributed by atoms with E-state index in [1.807, 2.05) is 68.4 Å². The van der Waals surface area contributed by atoms with Crippen molar-refractivity contribution in [1.82, 2.24) is 15.6 Å². The highest BCUT2D eigenvalue weighted by atomic mass is 16.2. The first-order valence-corrected chi connectivity index (χ1v) is 9.08. The van der Waals surface area contributed by atoms with Crippen LogP contribution in [0.3, 0.4) is 0 Å². The van der Waals surface area contributed by atoms with Crippen molar-refractivity contribution in [3.8, 4) is 11.3 Å². The minimum Gasteiger partial charge on any atom is -0.272 e. The Bertz CT molecular complexity index is 1170. The zero-order chi connectivity index (χ0) is 19.5. The van der Waals surface area contributed by atoms with Gasteiger partial charge in [0.05, 0.1) is 11.4 Å². The number of amides is 1. The van der Waals surface area contributed by atoms with Gasteiger partial charge in [-0.3, -0.25) is 9.89 Å². The van der Waals surface area contributed by atoms with Crippen LogP contribution in [0.5, 0.6) is 0 Å². The lowest BCUT2D eigenvalue weighted by atomic mass is 10.0. The van der Waals surface area contributed by atoms with E-state index in [9.17, 15) is 4.79 Å². The summed E-state index contributed by atoms with van der Waals surface area (Å²) in [6.07, 6.45) is 0. The SMILES string of the molecule is C/C(=N/NC(=O)c1[nH]nc(-c2ccccc2)c1C)c1cccc2ccccc12. The Morgan fingerprint density at radius 2 is 1.68 bits per heavy atom. The van der Waals surface area contributed by atoms with E-state index >= 15 is 0 Å². The molecular formula is C23H20N4O. The molecule has 0 atom stereocenters. The Hall–Kier alpha value is -3.73. The van der Waals surface area contributed by atoms with Crippen molar-refractivity contribution in [2.75, 3.05) is 0 Å². The van der Waals surface area contributed by atoms with E-state index in [1.54, 1.807) is 0 Å². The quantitative estimate of drug-likeness (QED) is 0.405. The van der Waals surface area contributed by atoms with Crippen LogP contribution in [0, 0.1) is 6.92 Å². The van der Waals surface area contributed by atoms with Crippen LogP contribution >= 0.6 is 0 Å². The summed E-state index contributed by atoms with van der Waals surface area (Å²) in [5, 5.41) is 13.7. The van der Waals surface area contributed by atoms with Crippen molar-refractivity contribution in [2.24, 2.45) is 5.10 Å². The first-order chi connectivity index (χ1) is 13.6.